The van der Waals surface area contributed by atoms with Crippen LogP contribution in [0.5, 0.6) is 46.0 Å². The molecule has 0 saturated heterocycles. The van der Waals surface area contributed by atoms with Crippen LogP contribution in [-0.4, -0.2) is 58.2 Å². The highest BCUT2D eigenvalue weighted by atomic mass is 16.5. The van der Waals surface area contributed by atoms with E-state index < -0.39 is 59.4 Å². The standard InChI is InChI=1S/C30H26O11/c31-14-5-1-12(2-6-14)27-25(38)20(16-9-10-18(33)22(35)29(16)40-27)17-11-19(34)23(36)30-21(17)24(37)26(39)28(41-30)13-3-7-15(32)8-4-13/h1-11,20,24-28,31-39H/t20-,24+,25-,26-,27+,28-/m1/s1. The van der Waals surface area contributed by atoms with E-state index in [1.165, 1.54) is 60.7 Å². The molecule has 9 N–H and O–H groups in total. The number of hydrogen-bond donors (Lipinski definition) is 9. The van der Waals surface area contributed by atoms with Gasteiger partial charge in [-0.05, 0) is 53.1 Å². The summed E-state index contributed by atoms with van der Waals surface area (Å²) < 4.78 is 11.9. The third-order valence-corrected chi connectivity index (χ3v) is 7.63. The third kappa shape index (κ3) is 4.18. The Bertz CT molecular complexity index is 1620. The van der Waals surface area contributed by atoms with Crippen molar-refractivity contribution in [3.8, 4) is 46.0 Å². The third-order valence-electron chi connectivity index (χ3n) is 7.63. The van der Waals surface area contributed by atoms with Crippen molar-refractivity contribution in [1.82, 2.24) is 0 Å². The van der Waals surface area contributed by atoms with Gasteiger partial charge in [0.25, 0.3) is 0 Å². The Hall–Kier alpha value is -4.84. The molecule has 0 aromatic heterocycles. The number of phenolic OH excluding ortho intramolecular Hbond substituents is 6. The maximum Gasteiger partial charge on any atom is 0.200 e. The molecular formula is C30H26O11. The Balaban J connectivity index is 1.54. The fraction of sp³-hybridized carbons (Fsp3) is 0.200. The molecule has 0 spiro atoms. The summed E-state index contributed by atoms with van der Waals surface area (Å²) in [6.07, 6.45) is -7.06. The second-order valence-electron chi connectivity index (χ2n) is 10.1. The number of hydrogen-bond acceptors (Lipinski definition) is 11. The zero-order valence-electron chi connectivity index (χ0n) is 21.2. The van der Waals surface area contributed by atoms with Gasteiger partial charge in [-0.25, -0.2) is 0 Å². The van der Waals surface area contributed by atoms with E-state index in [9.17, 15) is 46.0 Å². The summed E-state index contributed by atoms with van der Waals surface area (Å²) >= 11 is 0. The quantitative estimate of drug-likeness (QED) is 0.166. The number of fused-ring (bicyclic) bond motifs is 2. The molecule has 212 valence electrons. The van der Waals surface area contributed by atoms with Crippen LogP contribution in [0.15, 0.2) is 66.7 Å². The van der Waals surface area contributed by atoms with Gasteiger partial charge < -0.3 is 55.4 Å². The highest BCUT2D eigenvalue weighted by Gasteiger charge is 2.47. The van der Waals surface area contributed by atoms with Crippen LogP contribution >= 0.6 is 0 Å². The fourth-order valence-corrected chi connectivity index (χ4v) is 5.59. The first-order valence-electron chi connectivity index (χ1n) is 12.7. The van der Waals surface area contributed by atoms with E-state index in [1.54, 1.807) is 0 Å². The predicted octanol–water partition coefficient (Wildman–Crippen LogP) is 3.07. The van der Waals surface area contributed by atoms with Gasteiger partial charge in [0, 0.05) is 17.0 Å². The molecule has 6 rings (SSSR count). The molecule has 0 fully saturated rings. The van der Waals surface area contributed by atoms with E-state index in [0.29, 0.717) is 11.1 Å². The molecule has 0 aliphatic carbocycles. The predicted molar refractivity (Wildman–Crippen MR) is 141 cm³/mol. The SMILES string of the molecule is Oc1ccc([C@H]2Oc3c(O)c(O)cc([C@H]4c5ccc(O)c(O)c5O[C@@H](c5ccc(O)cc5)[C@@H]4O)c3[C@H](O)[C@H]2O)cc1. The lowest BCUT2D eigenvalue weighted by Crippen LogP contribution is -2.38. The summed E-state index contributed by atoms with van der Waals surface area (Å²) in [5.41, 5.74) is 0.884. The Labute approximate surface area is 232 Å². The van der Waals surface area contributed by atoms with Crippen molar-refractivity contribution in [3.63, 3.8) is 0 Å². The first-order chi connectivity index (χ1) is 19.6. The summed E-state index contributed by atoms with van der Waals surface area (Å²) in [5, 5.41) is 96.0. The van der Waals surface area contributed by atoms with Gasteiger partial charge in [0.1, 0.15) is 29.8 Å². The summed E-state index contributed by atoms with van der Waals surface area (Å²) in [5.74, 6) is -4.17. The molecule has 11 heteroatoms. The number of ether oxygens (including phenoxy) is 2. The summed E-state index contributed by atoms with van der Waals surface area (Å²) in [7, 11) is 0. The van der Waals surface area contributed by atoms with Gasteiger partial charge in [0.15, 0.2) is 35.2 Å². The number of rotatable bonds is 3. The van der Waals surface area contributed by atoms with E-state index in [0.717, 1.165) is 6.07 Å². The molecule has 2 aliphatic rings. The molecule has 4 aromatic rings. The Morgan fingerprint density at radius 3 is 1.61 bits per heavy atom. The number of aromatic hydroxyl groups is 6. The van der Waals surface area contributed by atoms with Crippen molar-refractivity contribution in [2.45, 2.75) is 36.4 Å². The lowest BCUT2D eigenvalue weighted by molar-refractivity contribution is -0.0722. The first-order valence-corrected chi connectivity index (χ1v) is 12.7. The summed E-state index contributed by atoms with van der Waals surface area (Å²) in [6, 6.07) is 15.1. The van der Waals surface area contributed by atoms with Gasteiger partial charge in [-0.2, -0.15) is 0 Å². The van der Waals surface area contributed by atoms with Crippen LogP contribution in [0.2, 0.25) is 0 Å². The molecule has 0 saturated carbocycles. The maximum atomic E-state index is 11.7. The van der Waals surface area contributed by atoms with E-state index >= 15 is 0 Å². The normalized spacial score (nSPS) is 25.0. The van der Waals surface area contributed by atoms with Gasteiger partial charge in [0.05, 0.1) is 0 Å². The Morgan fingerprint density at radius 1 is 0.512 bits per heavy atom. The maximum absolute atomic E-state index is 11.7. The second kappa shape index (κ2) is 9.66. The van der Waals surface area contributed by atoms with Crippen LogP contribution < -0.4 is 9.47 Å². The second-order valence-corrected chi connectivity index (χ2v) is 10.1. The van der Waals surface area contributed by atoms with Gasteiger partial charge in [0.2, 0.25) is 11.5 Å². The van der Waals surface area contributed by atoms with Crippen LogP contribution in [0, 0.1) is 0 Å². The molecule has 0 radical (unpaired) electrons. The highest BCUT2D eigenvalue weighted by molar-refractivity contribution is 5.65. The van der Waals surface area contributed by atoms with Crippen LogP contribution in [0.25, 0.3) is 0 Å². The van der Waals surface area contributed by atoms with Crippen molar-refractivity contribution in [2.75, 3.05) is 0 Å². The Morgan fingerprint density at radius 2 is 1.02 bits per heavy atom. The number of aliphatic hydroxyl groups excluding tert-OH is 3. The highest BCUT2D eigenvalue weighted by Crippen LogP contribution is 2.57. The molecule has 0 bridgehead atoms. The topological polar surface area (TPSA) is 201 Å². The average Bonchev–Trinajstić information content (AvgIpc) is 2.95. The minimum absolute atomic E-state index is 0.0348. The zero-order chi connectivity index (χ0) is 29.2. The van der Waals surface area contributed by atoms with Crippen LogP contribution in [0.3, 0.4) is 0 Å². The van der Waals surface area contributed by atoms with Gasteiger partial charge in [-0.1, -0.05) is 30.3 Å². The number of phenols is 6. The summed E-state index contributed by atoms with van der Waals surface area (Å²) in [4.78, 5) is 0. The fourth-order valence-electron chi connectivity index (χ4n) is 5.59. The summed E-state index contributed by atoms with van der Waals surface area (Å²) in [6.45, 7) is 0. The van der Waals surface area contributed by atoms with E-state index in [1.807, 2.05) is 0 Å². The van der Waals surface area contributed by atoms with Gasteiger partial charge >= 0.3 is 0 Å². The smallest absolute Gasteiger partial charge is 0.200 e. The average molecular weight is 563 g/mol. The number of aliphatic hydroxyl groups is 3. The zero-order valence-corrected chi connectivity index (χ0v) is 21.2. The molecule has 4 aromatic carbocycles. The molecule has 6 atom stereocenters. The molecule has 0 unspecified atom stereocenters. The lowest BCUT2D eigenvalue weighted by Gasteiger charge is -2.41. The molecule has 11 nitrogen and oxygen atoms in total. The minimum Gasteiger partial charge on any atom is -0.508 e. The van der Waals surface area contributed by atoms with Crippen LogP contribution in [0.4, 0.5) is 0 Å². The van der Waals surface area contributed by atoms with Crippen LogP contribution in [-0.2, 0) is 0 Å². The van der Waals surface area contributed by atoms with E-state index in [-0.39, 0.29) is 39.7 Å². The van der Waals surface area contributed by atoms with Gasteiger partial charge in [-0.15, -0.1) is 0 Å². The van der Waals surface area contributed by atoms with E-state index in [2.05, 4.69) is 0 Å². The molecule has 0 amide bonds. The largest absolute Gasteiger partial charge is 0.508 e. The van der Waals surface area contributed by atoms with Gasteiger partial charge in [-0.3, -0.25) is 0 Å². The van der Waals surface area contributed by atoms with Crippen molar-refractivity contribution >= 4 is 0 Å². The molecule has 2 heterocycles. The van der Waals surface area contributed by atoms with Crippen molar-refractivity contribution in [2.24, 2.45) is 0 Å². The number of benzene rings is 4. The van der Waals surface area contributed by atoms with Crippen molar-refractivity contribution < 1.29 is 55.4 Å². The first kappa shape index (κ1) is 26.4. The molecule has 2 aliphatic heterocycles. The monoisotopic (exact) mass is 562 g/mol. The van der Waals surface area contributed by atoms with Crippen LogP contribution in [0.1, 0.15) is 52.0 Å². The lowest BCUT2D eigenvalue weighted by atomic mass is 9.76. The Kier molecular flexibility index (Phi) is 6.22. The van der Waals surface area contributed by atoms with E-state index in [4.69, 9.17) is 9.47 Å². The molecular weight excluding hydrogens is 536 g/mol. The van der Waals surface area contributed by atoms with Crippen molar-refractivity contribution in [1.29, 1.82) is 0 Å². The van der Waals surface area contributed by atoms with Crippen molar-refractivity contribution in [3.05, 3.63) is 94.5 Å². The molecule has 41 heavy (non-hydrogen) atoms. The minimum atomic E-state index is -1.68.